The molecule has 0 spiro atoms. The predicted molar refractivity (Wildman–Crippen MR) is 123 cm³/mol. The Morgan fingerprint density at radius 1 is 0.938 bits per heavy atom. The average molecular weight is 453 g/mol. The van der Waals surface area contributed by atoms with Gasteiger partial charge in [0, 0.05) is 12.1 Å². The van der Waals surface area contributed by atoms with Crippen LogP contribution in [0.1, 0.15) is 15.2 Å². The van der Waals surface area contributed by atoms with E-state index in [2.05, 4.69) is 21.5 Å². The Kier molecular flexibility index (Phi) is 8.22. The Morgan fingerprint density at radius 3 is 2.34 bits per heavy atom. The van der Waals surface area contributed by atoms with Gasteiger partial charge in [-0.15, -0.1) is 11.3 Å². The minimum atomic E-state index is -0.859. The van der Waals surface area contributed by atoms with E-state index in [1.807, 2.05) is 30.3 Å². The van der Waals surface area contributed by atoms with Crippen LogP contribution in [-0.4, -0.2) is 37.4 Å². The molecule has 0 saturated heterocycles. The summed E-state index contributed by atoms with van der Waals surface area (Å²) in [4.78, 5) is 37.8. The lowest BCUT2D eigenvalue weighted by molar-refractivity contribution is -0.129. The molecule has 3 rings (SSSR count). The van der Waals surface area contributed by atoms with Gasteiger partial charge in [-0.1, -0.05) is 36.4 Å². The summed E-state index contributed by atoms with van der Waals surface area (Å²) < 4.78 is 5.09. The fraction of sp³-hybridized carbons (Fsp3) is 0.174. The lowest BCUT2D eigenvalue weighted by atomic mass is 10.1. The summed E-state index contributed by atoms with van der Waals surface area (Å²) in [6.45, 7) is -0.0441. The monoisotopic (exact) mass is 452 g/mol. The third-order valence-electron chi connectivity index (χ3n) is 4.52. The van der Waals surface area contributed by atoms with Crippen molar-refractivity contribution in [2.24, 2.45) is 0 Å². The maximum atomic E-state index is 12.7. The highest BCUT2D eigenvalue weighted by molar-refractivity contribution is 7.12. The first-order valence-electron chi connectivity index (χ1n) is 9.90. The van der Waals surface area contributed by atoms with Gasteiger partial charge in [0.2, 0.25) is 0 Å². The van der Waals surface area contributed by atoms with Crippen LogP contribution in [0, 0.1) is 0 Å². The maximum Gasteiger partial charge on any atom is 0.262 e. The van der Waals surface area contributed by atoms with E-state index < -0.39 is 17.9 Å². The van der Waals surface area contributed by atoms with Crippen molar-refractivity contribution < 1.29 is 19.1 Å². The molecule has 9 heteroatoms. The zero-order chi connectivity index (χ0) is 22.8. The molecule has 0 fully saturated rings. The molecule has 1 heterocycles. The van der Waals surface area contributed by atoms with Gasteiger partial charge < -0.3 is 15.4 Å². The Hall–Kier alpha value is -3.85. The SMILES string of the molecule is COc1ccc(NCC(=O)NNC(=O)[C@H](Cc2ccccc2)NC(=O)c2cccs2)cc1. The molecule has 1 aromatic heterocycles. The van der Waals surface area contributed by atoms with Crippen molar-refractivity contribution in [3.8, 4) is 5.75 Å². The predicted octanol–water partition coefficient (Wildman–Crippen LogP) is 2.36. The van der Waals surface area contributed by atoms with Gasteiger partial charge in [-0.25, -0.2) is 0 Å². The molecule has 0 saturated carbocycles. The Labute approximate surface area is 190 Å². The molecule has 0 bridgehead atoms. The van der Waals surface area contributed by atoms with E-state index in [1.165, 1.54) is 11.3 Å². The van der Waals surface area contributed by atoms with E-state index in [-0.39, 0.29) is 18.9 Å². The van der Waals surface area contributed by atoms with Crippen LogP contribution in [0.25, 0.3) is 0 Å². The van der Waals surface area contributed by atoms with Gasteiger partial charge >= 0.3 is 0 Å². The van der Waals surface area contributed by atoms with Gasteiger partial charge in [0.05, 0.1) is 18.5 Å². The zero-order valence-corrected chi connectivity index (χ0v) is 18.3. The highest BCUT2D eigenvalue weighted by Crippen LogP contribution is 2.14. The quantitative estimate of drug-likeness (QED) is 0.373. The smallest absolute Gasteiger partial charge is 0.262 e. The molecular formula is C23H24N4O4S. The second-order valence-corrected chi connectivity index (χ2v) is 7.76. The number of rotatable bonds is 9. The third-order valence-corrected chi connectivity index (χ3v) is 5.39. The number of nitrogens with one attached hydrogen (secondary N) is 4. The molecule has 3 amide bonds. The van der Waals surface area contributed by atoms with Crippen molar-refractivity contribution in [3.05, 3.63) is 82.6 Å². The van der Waals surface area contributed by atoms with Crippen molar-refractivity contribution in [2.45, 2.75) is 12.5 Å². The Morgan fingerprint density at radius 2 is 1.69 bits per heavy atom. The fourth-order valence-electron chi connectivity index (χ4n) is 2.85. The van der Waals surface area contributed by atoms with E-state index in [0.29, 0.717) is 10.6 Å². The molecule has 0 aliphatic rings. The number of carbonyl (C=O) groups excluding carboxylic acids is 3. The summed E-state index contributed by atoms with van der Waals surface area (Å²) in [7, 11) is 1.58. The average Bonchev–Trinajstić information content (AvgIpc) is 3.37. The summed E-state index contributed by atoms with van der Waals surface area (Å²) in [5, 5.41) is 7.48. The molecule has 3 aromatic rings. The largest absolute Gasteiger partial charge is 0.497 e. The first kappa shape index (κ1) is 22.8. The highest BCUT2D eigenvalue weighted by Gasteiger charge is 2.22. The minimum Gasteiger partial charge on any atom is -0.497 e. The number of hydrazine groups is 1. The number of amides is 3. The van der Waals surface area contributed by atoms with E-state index in [1.54, 1.807) is 48.9 Å². The van der Waals surface area contributed by atoms with Gasteiger partial charge in [-0.05, 0) is 41.3 Å². The molecule has 2 aromatic carbocycles. The lowest BCUT2D eigenvalue weighted by Gasteiger charge is -2.19. The second-order valence-electron chi connectivity index (χ2n) is 6.81. The third kappa shape index (κ3) is 6.85. The van der Waals surface area contributed by atoms with Crippen molar-refractivity contribution in [1.29, 1.82) is 0 Å². The Balaban J connectivity index is 1.54. The van der Waals surface area contributed by atoms with E-state index in [9.17, 15) is 14.4 Å². The Bertz CT molecular complexity index is 1020. The van der Waals surface area contributed by atoms with Crippen LogP contribution < -0.4 is 26.2 Å². The number of anilines is 1. The van der Waals surface area contributed by atoms with Gasteiger partial charge in [-0.2, -0.15) is 0 Å². The fourth-order valence-corrected chi connectivity index (χ4v) is 3.48. The molecule has 0 unspecified atom stereocenters. The summed E-state index contributed by atoms with van der Waals surface area (Å²) in [5.41, 5.74) is 6.39. The first-order valence-corrected chi connectivity index (χ1v) is 10.8. The maximum absolute atomic E-state index is 12.7. The van der Waals surface area contributed by atoms with Crippen LogP contribution in [0.2, 0.25) is 0 Å². The molecule has 4 N–H and O–H groups in total. The van der Waals surface area contributed by atoms with E-state index in [0.717, 1.165) is 11.3 Å². The summed E-state index contributed by atoms with van der Waals surface area (Å²) in [6, 6.07) is 19.0. The molecule has 166 valence electrons. The normalized spacial score (nSPS) is 11.2. The van der Waals surface area contributed by atoms with Crippen LogP contribution in [0.4, 0.5) is 5.69 Å². The summed E-state index contributed by atoms with van der Waals surface area (Å²) in [5.74, 6) is -0.585. The van der Waals surface area contributed by atoms with Crippen LogP contribution >= 0.6 is 11.3 Å². The van der Waals surface area contributed by atoms with Crippen LogP contribution in [-0.2, 0) is 16.0 Å². The van der Waals surface area contributed by atoms with Crippen LogP contribution in [0.3, 0.4) is 0 Å². The first-order chi connectivity index (χ1) is 15.5. The molecule has 0 radical (unpaired) electrons. The van der Waals surface area contributed by atoms with Gasteiger partial charge in [-0.3, -0.25) is 25.2 Å². The van der Waals surface area contributed by atoms with Crippen LogP contribution in [0.15, 0.2) is 72.1 Å². The van der Waals surface area contributed by atoms with E-state index in [4.69, 9.17) is 4.74 Å². The molecule has 0 aliphatic heterocycles. The van der Waals surface area contributed by atoms with E-state index >= 15 is 0 Å². The van der Waals surface area contributed by atoms with Gasteiger partial charge in [0.1, 0.15) is 11.8 Å². The van der Waals surface area contributed by atoms with Crippen molar-refractivity contribution in [2.75, 3.05) is 19.0 Å². The molecule has 1 atom stereocenters. The number of methoxy groups -OCH3 is 1. The number of benzene rings is 2. The molecule has 8 nitrogen and oxygen atoms in total. The topological polar surface area (TPSA) is 109 Å². The number of hydrogen-bond acceptors (Lipinski definition) is 6. The summed E-state index contributed by atoms with van der Waals surface area (Å²) >= 11 is 1.29. The van der Waals surface area contributed by atoms with Crippen molar-refractivity contribution in [1.82, 2.24) is 16.2 Å². The highest BCUT2D eigenvalue weighted by atomic mass is 32.1. The molecular weight excluding hydrogens is 428 g/mol. The van der Waals surface area contributed by atoms with Crippen LogP contribution in [0.5, 0.6) is 5.75 Å². The second kappa shape index (κ2) is 11.5. The number of ether oxygens (including phenoxy) is 1. The minimum absolute atomic E-state index is 0.0441. The summed E-state index contributed by atoms with van der Waals surface area (Å²) in [6.07, 6.45) is 0.282. The van der Waals surface area contributed by atoms with Crippen molar-refractivity contribution >= 4 is 34.7 Å². The zero-order valence-electron chi connectivity index (χ0n) is 17.5. The number of carbonyl (C=O) groups is 3. The number of thiophene rings is 1. The van der Waals surface area contributed by atoms with Crippen molar-refractivity contribution in [3.63, 3.8) is 0 Å². The molecule has 32 heavy (non-hydrogen) atoms. The lowest BCUT2D eigenvalue weighted by Crippen LogP contribution is -2.53. The molecule has 0 aliphatic carbocycles. The van der Waals surface area contributed by atoms with Gasteiger partial charge in [0.25, 0.3) is 17.7 Å². The number of hydrogen-bond donors (Lipinski definition) is 4. The standard InChI is InChI=1S/C23H24N4O4S/c1-31-18-11-9-17(10-12-18)24-15-21(28)26-27-22(29)19(14-16-6-3-2-4-7-16)25-23(30)20-8-5-13-32-20/h2-13,19,24H,14-15H2,1H3,(H,25,30)(H,26,28)(H,27,29)/t19-/m0/s1. The van der Waals surface area contributed by atoms with Gasteiger partial charge in [0.15, 0.2) is 0 Å².